The molecule has 0 unspecified atom stereocenters. The number of aryl methyl sites for hydroxylation is 1. The Bertz CT molecular complexity index is 739. The van der Waals surface area contributed by atoms with Crippen LogP contribution in [0.25, 0.3) is 11.0 Å². The molecule has 2 aliphatic heterocycles. The molecule has 0 radical (unpaired) electrons. The maximum Gasteiger partial charge on any atom is 0.242 e. The van der Waals surface area contributed by atoms with Crippen molar-refractivity contribution in [3.05, 3.63) is 30.1 Å². The Kier molecular flexibility index (Phi) is 4.75. The Hall–Kier alpha value is -1.88. The van der Waals surface area contributed by atoms with Crippen molar-refractivity contribution in [2.75, 3.05) is 26.2 Å². The first-order valence-corrected chi connectivity index (χ1v) is 9.63. The fourth-order valence-corrected chi connectivity index (χ4v) is 4.57. The Labute approximate surface area is 149 Å². The van der Waals surface area contributed by atoms with E-state index in [2.05, 4.69) is 19.8 Å². The monoisotopic (exact) mass is 340 g/mol. The normalized spacial score (nSPS) is 20.3. The van der Waals surface area contributed by atoms with Gasteiger partial charge in [0, 0.05) is 13.1 Å². The topological polar surface area (TPSA) is 50.2 Å². The molecule has 0 spiro atoms. The van der Waals surface area contributed by atoms with Gasteiger partial charge in [-0.05, 0) is 69.7 Å². The van der Waals surface area contributed by atoms with Gasteiger partial charge in [0.25, 0.3) is 0 Å². The number of nitrogens with zero attached hydrogens (tertiary/aromatic N) is 3. The number of piperidine rings is 2. The molecule has 0 atom stereocenters. The predicted molar refractivity (Wildman–Crippen MR) is 99.4 cm³/mol. The summed E-state index contributed by atoms with van der Waals surface area (Å²) in [4.78, 5) is 19.4. The van der Waals surface area contributed by atoms with E-state index in [1.54, 1.807) is 0 Å². The second-order valence-corrected chi connectivity index (χ2v) is 7.54. The molecule has 2 aliphatic rings. The molecule has 0 aliphatic carbocycles. The predicted octanol–water partition coefficient (Wildman–Crippen LogP) is 2.58. The fourth-order valence-electron chi connectivity index (χ4n) is 4.57. The molecule has 134 valence electrons. The number of aromatic nitrogens is 2. The molecule has 2 fully saturated rings. The van der Waals surface area contributed by atoms with Crippen LogP contribution in [0.4, 0.5) is 0 Å². The lowest BCUT2D eigenvalue weighted by atomic mass is 9.79. The highest BCUT2D eigenvalue weighted by molar-refractivity contribution is 5.81. The molecular weight excluding hydrogens is 312 g/mol. The minimum absolute atomic E-state index is 0.231. The van der Waals surface area contributed by atoms with Crippen LogP contribution in [0.1, 0.15) is 31.5 Å². The zero-order valence-electron chi connectivity index (χ0n) is 15.1. The number of benzene rings is 1. The third kappa shape index (κ3) is 3.43. The summed E-state index contributed by atoms with van der Waals surface area (Å²) in [7, 11) is 0. The standard InChI is InChI=1S/C20H28N4O/c1-15-22-18-4-2-3-5-19(18)24(15)14-20(25)23-12-8-17(9-13-23)16-6-10-21-11-7-16/h2-5,16-17,21H,6-14H2,1H3. The molecule has 2 saturated heterocycles. The number of carbonyl (C=O) groups is 1. The van der Waals surface area contributed by atoms with Gasteiger partial charge in [0.1, 0.15) is 12.4 Å². The van der Waals surface area contributed by atoms with E-state index in [1.165, 1.54) is 25.7 Å². The fraction of sp³-hybridized carbons (Fsp3) is 0.600. The molecule has 1 aromatic carbocycles. The third-order valence-electron chi connectivity index (χ3n) is 6.08. The Morgan fingerprint density at radius 1 is 1.12 bits per heavy atom. The lowest BCUT2D eigenvalue weighted by Gasteiger charge is -2.38. The van der Waals surface area contributed by atoms with Crippen LogP contribution in [0.15, 0.2) is 24.3 Å². The van der Waals surface area contributed by atoms with Crippen molar-refractivity contribution in [3.63, 3.8) is 0 Å². The van der Waals surface area contributed by atoms with Crippen LogP contribution in [0.5, 0.6) is 0 Å². The molecule has 1 amide bonds. The minimum Gasteiger partial charge on any atom is -0.341 e. The van der Waals surface area contributed by atoms with Crippen molar-refractivity contribution in [1.82, 2.24) is 19.8 Å². The summed E-state index contributed by atoms with van der Waals surface area (Å²) in [5.74, 6) is 2.81. The third-order valence-corrected chi connectivity index (χ3v) is 6.08. The van der Waals surface area contributed by atoms with E-state index >= 15 is 0 Å². The number of fused-ring (bicyclic) bond motifs is 1. The maximum atomic E-state index is 12.8. The van der Waals surface area contributed by atoms with Crippen molar-refractivity contribution in [2.45, 2.75) is 39.2 Å². The summed E-state index contributed by atoms with van der Waals surface area (Å²) in [6.07, 6.45) is 4.94. The smallest absolute Gasteiger partial charge is 0.242 e. The highest BCUT2D eigenvalue weighted by Crippen LogP contribution is 2.31. The first-order chi connectivity index (χ1) is 12.2. The van der Waals surface area contributed by atoms with Crippen molar-refractivity contribution < 1.29 is 4.79 Å². The number of likely N-dealkylation sites (tertiary alicyclic amines) is 1. The first kappa shape index (κ1) is 16.6. The lowest BCUT2D eigenvalue weighted by Crippen LogP contribution is -2.43. The van der Waals surface area contributed by atoms with Crippen molar-refractivity contribution in [3.8, 4) is 0 Å². The molecule has 25 heavy (non-hydrogen) atoms. The average Bonchev–Trinajstić information content (AvgIpc) is 2.98. The molecular formula is C20H28N4O. The van der Waals surface area contributed by atoms with Crippen molar-refractivity contribution in [1.29, 1.82) is 0 Å². The number of amides is 1. The van der Waals surface area contributed by atoms with E-state index in [1.807, 2.05) is 31.2 Å². The lowest BCUT2D eigenvalue weighted by molar-refractivity contribution is -0.133. The number of hydrogen-bond donors (Lipinski definition) is 1. The zero-order chi connectivity index (χ0) is 17.2. The van der Waals surface area contributed by atoms with Gasteiger partial charge in [-0.1, -0.05) is 12.1 Å². The number of para-hydroxylation sites is 2. The summed E-state index contributed by atoms with van der Waals surface area (Å²) < 4.78 is 2.05. The van der Waals surface area contributed by atoms with Crippen LogP contribution in [0.2, 0.25) is 0 Å². The molecule has 4 rings (SSSR count). The van der Waals surface area contributed by atoms with E-state index in [0.717, 1.165) is 54.9 Å². The Balaban J connectivity index is 1.38. The number of hydrogen-bond acceptors (Lipinski definition) is 3. The molecule has 0 saturated carbocycles. The van der Waals surface area contributed by atoms with Gasteiger partial charge < -0.3 is 14.8 Å². The Morgan fingerprint density at radius 3 is 2.56 bits per heavy atom. The van der Waals surface area contributed by atoms with Crippen molar-refractivity contribution >= 4 is 16.9 Å². The van der Waals surface area contributed by atoms with Crippen LogP contribution >= 0.6 is 0 Å². The van der Waals surface area contributed by atoms with E-state index in [-0.39, 0.29) is 5.91 Å². The second-order valence-electron chi connectivity index (χ2n) is 7.54. The average molecular weight is 340 g/mol. The minimum atomic E-state index is 0.231. The van der Waals surface area contributed by atoms with Crippen LogP contribution in [-0.4, -0.2) is 46.5 Å². The summed E-state index contributed by atoms with van der Waals surface area (Å²) in [5, 5.41) is 3.45. The quantitative estimate of drug-likeness (QED) is 0.934. The summed E-state index contributed by atoms with van der Waals surface area (Å²) in [5.41, 5.74) is 2.02. The van der Waals surface area contributed by atoms with Crippen LogP contribution in [0, 0.1) is 18.8 Å². The number of carbonyl (C=O) groups excluding carboxylic acids is 1. The van der Waals surface area contributed by atoms with E-state index < -0.39 is 0 Å². The van der Waals surface area contributed by atoms with E-state index in [0.29, 0.717) is 6.54 Å². The molecule has 1 aromatic heterocycles. The van der Waals surface area contributed by atoms with Gasteiger partial charge >= 0.3 is 0 Å². The van der Waals surface area contributed by atoms with Crippen LogP contribution in [-0.2, 0) is 11.3 Å². The van der Waals surface area contributed by atoms with Gasteiger partial charge in [-0.15, -0.1) is 0 Å². The highest BCUT2D eigenvalue weighted by atomic mass is 16.2. The number of rotatable bonds is 3. The zero-order valence-corrected chi connectivity index (χ0v) is 15.1. The molecule has 5 nitrogen and oxygen atoms in total. The number of nitrogens with one attached hydrogen (secondary N) is 1. The van der Waals surface area contributed by atoms with Gasteiger partial charge in [0.2, 0.25) is 5.91 Å². The first-order valence-electron chi connectivity index (χ1n) is 9.63. The molecule has 5 heteroatoms. The van der Waals surface area contributed by atoms with Gasteiger partial charge in [-0.25, -0.2) is 4.98 Å². The van der Waals surface area contributed by atoms with Gasteiger partial charge in [-0.2, -0.15) is 0 Å². The van der Waals surface area contributed by atoms with Crippen molar-refractivity contribution in [2.24, 2.45) is 11.8 Å². The largest absolute Gasteiger partial charge is 0.341 e. The molecule has 3 heterocycles. The Morgan fingerprint density at radius 2 is 1.80 bits per heavy atom. The summed E-state index contributed by atoms with van der Waals surface area (Å²) in [6.45, 7) is 6.55. The highest BCUT2D eigenvalue weighted by Gasteiger charge is 2.29. The number of imidazole rings is 1. The van der Waals surface area contributed by atoms with Gasteiger partial charge in [0.05, 0.1) is 11.0 Å². The van der Waals surface area contributed by atoms with E-state index in [4.69, 9.17) is 0 Å². The SMILES string of the molecule is Cc1nc2ccccc2n1CC(=O)N1CCC(C2CCNCC2)CC1. The molecule has 2 aromatic rings. The van der Waals surface area contributed by atoms with E-state index in [9.17, 15) is 4.79 Å². The summed E-state index contributed by atoms with van der Waals surface area (Å²) in [6, 6.07) is 8.06. The summed E-state index contributed by atoms with van der Waals surface area (Å²) >= 11 is 0. The van der Waals surface area contributed by atoms with Crippen LogP contribution in [0.3, 0.4) is 0 Å². The second kappa shape index (κ2) is 7.16. The van der Waals surface area contributed by atoms with Gasteiger partial charge in [0.15, 0.2) is 0 Å². The van der Waals surface area contributed by atoms with Gasteiger partial charge in [-0.3, -0.25) is 4.79 Å². The molecule has 0 bridgehead atoms. The maximum absolute atomic E-state index is 12.8. The molecule has 1 N–H and O–H groups in total. The van der Waals surface area contributed by atoms with Crippen LogP contribution < -0.4 is 5.32 Å².